The standard InChI is InChI=1S/C11H21N3O/c15-9-11-4-7-14(8-5-11)13-12-6-3-10-1-2-10/h9-13H,1-8H2. The molecule has 0 spiro atoms. The fourth-order valence-electron chi connectivity index (χ4n) is 2.00. The van der Waals surface area contributed by atoms with Crippen LogP contribution in [0.4, 0.5) is 0 Å². The van der Waals surface area contributed by atoms with Crippen LogP contribution in [0.15, 0.2) is 0 Å². The summed E-state index contributed by atoms with van der Waals surface area (Å²) in [5, 5.41) is 2.17. The van der Waals surface area contributed by atoms with Crippen LogP contribution in [0.2, 0.25) is 0 Å². The van der Waals surface area contributed by atoms with Crippen molar-refractivity contribution < 1.29 is 4.79 Å². The van der Waals surface area contributed by atoms with Crippen LogP contribution in [0.1, 0.15) is 32.1 Å². The minimum atomic E-state index is 0.287. The Balaban J connectivity index is 1.49. The quantitative estimate of drug-likeness (QED) is 0.386. The second-order valence-corrected chi connectivity index (χ2v) is 4.73. The maximum atomic E-state index is 10.6. The summed E-state index contributed by atoms with van der Waals surface area (Å²) in [6.07, 6.45) is 7.20. The first-order valence-electron chi connectivity index (χ1n) is 6.07. The van der Waals surface area contributed by atoms with Crippen molar-refractivity contribution in [1.82, 2.24) is 16.0 Å². The van der Waals surface area contributed by atoms with Gasteiger partial charge in [-0.2, -0.15) is 5.53 Å². The van der Waals surface area contributed by atoms with E-state index in [4.69, 9.17) is 0 Å². The molecule has 1 aliphatic carbocycles. The summed E-state index contributed by atoms with van der Waals surface area (Å²) in [6.45, 7) is 3.00. The Morgan fingerprint density at radius 3 is 2.53 bits per heavy atom. The lowest BCUT2D eigenvalue weighted by Crippen LogP contribution is -2.50. The Hall–Kier alpha value is -0.450. The molecule has 0 unspecified atom stereocenters. The van der Waals surface area contributed by atoms with Gasteiger partial charge in [0.05, 0.1) is 0 Å². The summed E-state index contributed by atoms with van der Waals surface area (Å²) >= 11 is 0. The fraction of sp³-hybridized carbons (Fsp3) is 0.909. The second-order valence-electron chi connectivity index (χ2n) is 4.73. The number of hydrogen-bond acceptors (Lipinski definition) is 4. The number of rotatable bonds is 6. The van der Waals surface area contributed by atoms with E-state index in [1.165, 1.54) is 19.3 Å². The van der Waals surface area contributed by atoms with Gasteiger partial charge >= 0.3 is 0 Å². The molecule has 0 atom stereocenters. The zero-order chi connectivity index (χ0) is 10.5. The van der Waals surface area contributed by atoms with Gasteiger partial charge in [-0.15, -0.1) is 0 Å². The molecule has 0 aromatic carbocycles. The van der Waals surface area contributed by atoms with E-state index in [9.17, 15) is 4.79 Å². The molecule has 0 bridgehead atoms. The number of piperidine rings is 1. The summed E-state index contributed by atoms with van der Waals surface area (Å²) in [7, 11) is 0. The van der Waals surface area contributed by atoms with Crippen LogP contribution in [-0.4, -0.2) is 30.9 Å². The van der Waals surface area contributed by atoms with Gasteiger partial charge in [0, 0.05) is 25.6 Å². The Kier molecular flexibility index (Phi) is 4.11. The van der Waals surface area contributed by atoms with Crippen molar-refractivity contribution in [3.8, 4) is 0 Å². The van der Waals surface area contributed by atoms with E-state index in [1.807, 2.05) is 0 Å². The summed E-state index contributed by atoms with van der Waals surface area (Å²) in [6, 6.07) is 0. The number of nitrogens with zero attached hydrogens (tertiary/aromatic N) is 1. The normalized spacial score (nSPS) is 24.3. The Morgan fingerprint density at radius 1 is 1.20 bits per heavy atom. The molecule has 2 N–H and O–H groups in total. The third kappa shape index (κ3) is 3.89. The molecular weight excluding hydrogens is 190 g/mol. The minimum Gasteiger partial charge on any atom is -0.303 e. The highest BCUT2D eigenvalue weighted by atomic mass is 16.1. The summed E-state index contributed by atoms with van der Waals surface area (Å²) in [5.41, 5.74) is 6.46. The van der Waals surface area contributed by atoms with Gasteiger partial charge in [-0.25, -0.2) is 10.4 Å². The molecule has 4 nitrogen and oxygen atoms in total. The average Bonchev–Trinajstić information content (AvgIpc) is 3.09. The van der Waals surface area contributed by atoms with E-state index in [0.717, 1.165) is 44.7 Å². The first-order valence-corrected chi connectivity index (χ1v) is 6.07. The minimum absolute atomic E-state index is 0.287. The highest BCUT2D eigenvalue weighted by Crippen LogP contribution is 2.31. The maximum Gasteiger partial charge on any atom is 0.123 e. The summed E-state index contributed by atoms with van der Waals surface area (Å²) in [5.74, 6) is 1.27. The van der Waals surface area contributed by atoms with Crippen LogP contribution in [0.3, 0.4) is 0 Å². The van der Waals surface area contributed by atoms with Crippen molar-refractivity contribution in [3.63, 3.8) is 0 Å². The highest BCUT2D eigenvalue weighted by Gasteiger charge is 2.21. The van der Waals surface area contributed by atoms with Gasteiger partial charge in [0.2, 0.25) is 0 Å². The largest absolute Gasteiger partial charge is 0.303 e. The number of hydrazine groups is 2. The number of aldehydes is 1. The molecule has 86 valence electrons. The van der Waals surface area contributed by atoms with E-state index >= 15 is 0 Å². The van der Waals surface area contributed by atoms with Crippen LogP contribution in [-0.2, 0) is 4.79 Å². The summed E-state index contributed by atoms with van der Waals surface area (Å²) < 4.78 is 0. The zero-order valence-electron chi connectivity index (χ0n) is 9.24. The predicted molar refractivity (Wildman–Crippen MR) is 58.8 cm³/mol. The van der Waals surface area contributed by atoms with E-state index in [-0.39, 0.29) is 5.92 Å². The van der Waals surface area contributed by atoms with Crippen LogP contribution in [0, 0.1) is 11.8 Å². The van der Waals surface area contributed by atoms with Crippen molar-refractivity contribution in [1.29, 1.82) is 0 Å². The van der Waals surface area contributed by atoms with Gasteiger partial charge in [0.15, 0.2) is 0 Å². The number of hydrogen-bond donors (Lipinski definition) is 2. The van der Waals surface area contributed by atoms with Gasteiger partial charge < -0.3 is 4.79 Å². The molecule has 1 saturated heterocycles. The van der Waals surface area contributed by atoms with Crippen molar-refractivity contribution in [3.05, 3.63) is 0 Å². The van der Waals surface area contributed by atoms with Gasteiger partial charge in [-0.05, 0) is 25.2 Å². The molecule has 1 heterocycles. The van der Waals surface area contributed by atoms with E-state index in [0.29, 0.717) is 0 Å². The molecule has 0 amide bonds. The summed E-state index contributed by atoms with van der Waals surface area (Å²) in [4.78, 5) is 10.6. The van der Waals surface area contributed by atoms with Gasteiger partial charge in [0.1, 0.15) is 6.29 Å². The SMILES string of the molecule is O=CC1CCN(NNCCC2CC2)CC1. The lowest BCUT2D eigenvalue weighted by atomic mass is 10.00. The van der Waals surface area contributed by atoms with E-state index in [2.05, 4.69) is 16.0 Å². The number of nitrogens with one attached hydrogen (secondary N) is 2. The molecule has 2 rings (SSSR count). The lowest BCUT2D eigenvalue weighted by Gasteiger charge is -2.29. The number of carbonyl (C=O) groups excluding carboxylic acids is 1. The average molecular weight is 211 g/mol. The molecule has 2 aliphatic rings. The molecule has 0 aromatic rings. The fourth-order valence-corrected chi connectivity index (χ4v) is 2.00. The monoisotopic (exact) mass is 211 g/mol. The van der Waals surface area contributed by atoms with Crippen molar-refractivity contribution >= 4 is 6.29 Å². The molecule has 2 fully saturated rings. The second kappa shape index (κ2) is 5.58. The molecule has 15 heavy (non-hydrogen) atoms. The van der Waals surface area contributed by atoms with Crippen LogP contribution in [0.25, 0.3) is 0 Å². The van der Waals surface area contributed by atoms with Crippen LogP contribution < -0.4 is 11.0 Å². The maximum absolute atomic E-state index is 10.6. The van der Waals surface area contributed by atoms with Crippen molar-refractivity contribution in [2.75, 3.05) is 19.6 Å². The van der Waals surface area contributed by atoms with E-state index in [1.54, 1.807) is 0 Å². The highest BCUT2D eigenvalue weighted by molar-refractivity contribution is 5.53. The van der Waals surface area contributed by atoms with Gasteiger partial charge in [-0.1, -0.05) is 12.8 Å². The van der Waals surface area contributed by atoms with Crippen LogP contribution >= 0.6 is 0 Å². The predicted octanol–water partition coefficient (Wildman–Crippen LogP) is 0.707. The molecule has 4 heteroatoms. The Labute approximate surface area is 91.3 Å². The first kappa shape index (κ1) is 11.0. The molecule has 0 aromatic heterocycles. The van der Waals surface area contributed by atoms with Gasteiger partial charge in [0.25, 0.3) is 0 Å². The van der Waals surface area contributed by atoms with E-state index < -0.39 is 0 Å². The Morgan fingerprint density at radius 2 is 1.93 bits per heavy atom. The molecular formula is C11H21N3O. The van der Waals surface area contributed by atoms with Crippen molar-refractivity contribution in [2.45, 2.75) is 32.1 Å². The molecule has 1 aliphatic heterocycles. The molecule has 0 radical (unpaired) electrons. The zero-order valence-corrected chi connectivity index (χ0v) is 9.24. The van der Waals surface area contributed by atoms with Crippen molar-refractivity contribution in [2.24, 2.45) is 11.8 Å². The first-order chi connectivity index (χ1) is 7.38. The Bertz CT molecular complexity index is 198. The molecule has 1 saturated carbocycles. The lowest BCUT2D eigenvalue weighted by molar-refractivity contribution is -0.112. The smallest absolute Gasteiger partial charge is 0.123 e. The number of carbonyl (C=O) groups is 1. The third-order valence-corrected chi connectivity index (χ3v) is 3.34. The van der Waals surface area contributed by atoms with Crippen LogP contribution in [0.5, 0.6) is 0 Å². The third-order valence-electron chi connectivity index (χ3n) is 3.34. The van der Waals surface area contributed by atoms with Gasteiger partial charge in [-0.3, -0.25) is 0 Å². The topological polar surface area (TPSA) is 44.4 Å².